The maximum Gasteiger partial charge on any atom is 0.412 e. The predicted molar refractivity (Wildman–Crippen MR) is 161 cm³/mol. The Kier molecular flexibility index (Phi) is 9.98. The van der Waals surface area contributed by atoms with Crippen molar-refractivity contribution in [3.8, 4) is 10.4 Å². The Morgan fingerprint density at radius 3 is 2.27 bits per heavy atom. The fraction of sp³-hybridized carbons (Fsp3) is 0.594. The second-order valence-electron chi connectivity index (χ2n) is 11.9. The number of thiophene rings is 1. The Balaban J connectivity index is 1.42. The first kappa shape index (κ1) is 29.6. The van der Waals surface area contributed by atoms with Gasteiger partial charge < -0.3 is 24.2 Å². The van der Waals surface area contributed by atoms with Gasteiger partial charge in [0.25, 0.3) is 0 Å². The van der Waals surface area contributed by atoms with Crippen molar-refractivity contribution < 1.29 is 23.9 Å². The molecule has 1 aromatic heterocycles. The van der Waals surface area contributed by atoms with Gasteiger partial charge in [0.05, 0.1) is 5.69 Å². The molecule has 222 valence electrons. The number of piperidine rings is 2. The fourth-order valence-electron chi connectivity index (χ4n) is 6.27. The summed E-state index contributed by atoms with van der Waals surface area (Å²) in [5.41, 5.74) is 1.61. The Bertz CT molecular complexity index is 1180. The number of anilines is 1. The van der Waals surface area contributed by atoms with E-state index in [1.54, 1.807) is 4.90 Å². The van der Waals surface area contributed by atoms with Crippen LogP contribution in [0.3, 0.4) is 0 Å². The summed E-state index contributed by atoms with van der Waals surface area (Å²) < 4.78 is 10.8. The van der Waals surface area contributed by atoms with Crippen LogP contribution in [0.2, 0.25) is 0 Å². The highest BCUT2D eigenvalue weighted by Gasteiger charge is 2.37. The van der Waals surface area contributed by atoms with Crippen LogP contribution in [0.4, 0.5) is 10.5 Å². The van der Waals surface area contributed by atoms with Gasteiger partial charge in [0.15, 0.2) is 0 Å². The molecule has 0 spiro atoms. The second-order valence-corrected chi connectivity index (χ2v) is 13.0. The molecule has 0 bridgehead atoms. The minimum atomic E-state index is -0.568. The van der Waals surface area contributed by atoms with Gasteiger partial charge in [0, 0.05) is 29.9 Å². The number of hydrogen-bond acceptors (Lipinski definition) is 7. The molecule has 3 heterocycles. The van der Waals surface area contributed by atoms with Crippen molar-refractivity contribution in [2.75, 3.05) is 44.9 Å². The van der Waals surface area contributed by atoms with Crippen LogP contribution < -0.4 is 4.90 Å². The molecule has 0 atom stereocenters. The van der Waals surface area contributed by atoms with Gasteiger partial charge >= 0.3 is 12.1 Å². The zero-order valence-corrected chi connectivity index (χ0v) is 25.2. The first-order valence-electron chi connectivity index (χ1n) is 15.2. The molecule has 1 saturated carbocycles. The van der Waals surface area contributed by atoms with Gasteiger partial charge in [-0.05, 0) is 95.5 Å². The van der Waals surface area contributed by atoms with Gasteiger partial charge in [0.2, 0.25) is 12.7 Å². The van der Waals surface area contributed by atoms with Crippen molar-refractivity contribution in [2.45, 2.75) is 70.8 Å². The molecule has 41 heavy (non-hydrogen) atoms. The number of benzene rings is 1. The molecule has 0 unspecified atom stereocenters. The quantitative estimate of drug-likeness (QED) is 0.278. The molecule has 0 radical (unpaired) electrons. The molecule has 2 aliphatic heterocycles. The zero-order chi connectivity index (χ0) is 28.8. The number of carbonyl (C=O) groups is 3. The molecule has 3 aliphatic rings. The smallest absolute Gasteiger partial charge is 0.412 e. The van der Waals surface area contributed by atoms with Crippen LogP contribution in [0, 0.1) is 11.8 Å². The van der Waals surface area contributed by atoms with E-state index in [2.05, 4.69) is 18.9 Å². The Morgan fingerprint density at radius 1 is 0.902 bits per heavy atom. The number of hydrogen-bond donors (Lipinski definition) is 0. The third-order valence-electron chi connectivity index (χ3n) is 8.86. The van der Waals surface area contributed by atoms with Gasteiger partial charge in [-0.3, -0.25) is 4.79 Å². The topological polar surface area (TPSA) is 79.4 Å². The number of likely N-dealkylation sites (tertiary alicyclic amines) is 2. The van der Waals surface area contributed by atoms with Crippen LogP contribution in [-0.2, 0) is 14.3 Å². The van der Waals surface area contributed by atoms with Crippen LogP contribution in [0.1, 0.15) is 74.4 Å². The van der Waals surface area contributed by atoms with E-state index in [0.29, 0.717) is 29.6 Å². The number of esters is 1. The molecule has 1 aromatic carbocycles. The van der Waals surface area contributed by atoms with Crippen molar-refractivity contribution in [2.24, 2.45) is 11.8 Å². The van der Waals surface area contributed by atoms with Crippen molar-refractivity contribution in [1.29, 1.82) is 0 Å². The van der Waals surface area contributed by atoms with Crippen LogP contribution in [0.25, 0.3) is 10.4 Å². The van der Waals surface area contributed by atoms with Crippen LogP contribution in [0.15, 0.2) is 36.4 Å². The summed E-state index contributed by atoms with van der Waals surface area (Å²) in [7, 11) is 2.11. The Hall–Kier alpha value is -2.91. The summed E-state index contributed by atoms with van der Waals surface area (Å²) >= 11 is 1.34. The lowest BCUT2D eigenvalue weighted by Crippen LogP contribution is -2.49. The van der Waals surface area contributed by atoms with Gasteiger partial charge in [-0.2, -0.15) is 0 Å². The molecular weight excluding hydrogens is 538 g/mol. The summed E-state index contributed by atoms with van der Waals surface area (Å²) in [6.45, 7) is 4.93. The SMILES string of the molecule is CC1CCC(C(=O)N(c2cc(-c3ccccc3)sc2C(=O)OCOC(=O)N2CCCCC2)C2CCN(C)CC2)CC1. The largest absolute Gasteiger partial charge is 0.424 e. The van der Waals surface area contributed by atoms with E-state index in [1.807, 2.05) is 41.3 Å². The van der Waals surface area contributed by atoms with Crippen molar-refractivity contribution in [3.05, 3.63) is 41.3 Å². The van der Waals surface area contributed by atoms with Crippen LogP contribution in [-0.4, -0.2) is 73.8 Å². The summed E-state index contributed by atoms with van der Waals surface area (Å²) in [4.78, 5) is 47.5. The molecule has 2 aromatic rings. The number of nitrogens with zero attached hydrogens (tertiary/aromatic N) is 3. The van der Waals surface area contributed by atoms with E-state index in [0.717, 1.165) is 81.3 Å². The lowest BCUT2D eigenvalue weighted by atomic mass is 9.82. The second kappa shape index (κ2) is 13.8. The molecule has 3 fully saturated rings. The molecule has 1 aliphatic carbocycles. The van der Waals surface area contributed by atoms with Crippen LogP contribution in [0.5, 0.6) is 0 Å². The highest BCUT2D eigenvalue weighted by atomic mass is 32.1. The molecule has 2 saturated heterocycles. The van der Waals surface area contributed by atoms with Crippen molar-refractivity contribution >= 4 is 35.0 Å². The van der Waals surface area contributed by atoms with E-state index in [4.69, 9.17) is 9.47 Å². The summed E-state index contributed by atoms with van der Waals surface area (Å²) in [5.74, 6) is 0.149. The standard InChI is InChI=1S/C32H43N3O5S/c1-23-11-13-25(14-12-23)30(36)35(26-15-19-33(2)20-16-26)27-21-28(24-9-5-3-6-10-24)41-29(27)31(37)39-22-40-32(38)34-17-7-4-8-18-34/h3,5-6,9-10,21,23,25-26H,4,7-8,11-20,22H2,1-2H3. The minimum absolute atomic E-state index is 0.0137. The van der Waals surface area contributed by atoms with Crippen molar-refractivity contribution in [1.82, 2.24) is 9.80 Å². The highest BCUT2D eigenvalue weighted by molar-refractivity contribution is 7.18. The van der Waals surface area contributed by atoms with E-state index < -0.39 is 18.9 Å². The lowest BCUT2D eigenvalue weighted by Gasteiger charge is -2.40. The molecule has 0 N–H and O–H groups in total. The first-order valence-corrected chi connectivity index (χ1v) is 16.0. The Labute approximate surface area is 247 Å². The maximum absolute atomic E-state index is 14.3. The molecule has 9 heteroatoms. The molecule has 2 amide bonds. The maximum atomic E-state index is 14.3. The third kappa shape index (κ3) is 7.30. The summed E-state index contributed by atoms with van der Waals surface area (Å²) in [6.07, 6.45) is 8.12. The van der Waals surface area contributed by atoms with E-state index in [9.17, 15) is 14.4 Å². The van der Waals surface area contributed by atoms with Crippen molar-refractivity contribution in [3.63, 3.8) is 0 Å². The fourth-order valence-corrected chi connectivity index (χ4v) is 7.32. The minimum Gasteiger partial charge on any atom is -0.424 e. The van der Waals surface area contributed by atoms with E-state index in [-0.39, 0.29) is 17.9 Å². The monoisotopic (exact) mass is 581 g/mol. The average Bonchev–Trinajstić information content (AvgIpc) is 3.44. The predicted octanol–water partition coefficient (Wildman–Crippen LogP) is 6.41. The number of rotatable bonds is 7. The van der Waals surface area contributed by atoms with Gasteiger partial charge in [-0.1, -0.05) is 37.3 Å². The number of ether oxygens (including phenoxy) is 2. The van der Waals surface area contributed by atoms with Gasteiger partial charge in [-0.15, -0.1) is 11.3 Å². The van der Waals surface area contributed by atoms with Gasteiger partial charge in [-0.25, -0.2) is 9.59 Å². The Morgan fingerprint density at radius 2 is 1.59 bits per heavy atom. The van der Waals surface area contributed by atoms with Crippen LogP contribution >= 0.6 is 11.3 Å². The normalized spacial score (nSPS) is 22.2. The van der Waals surface area contributed by atoms with E-state index in [1.165, 1.54) is 11.3 Å². The number of amides is 2. The summed E-state index contributed by atoms with van der Waals surface area (Å²) in [5, 5.41) is 0. The van der Waals surface area contributed by atoms with Gasteiger partial charge in [0.1, 0.15) is 4.88 Å². The third-order valence-corrected chi connectivity index (χ3v) is 10.0. The van der Waals surface area contributed by atoms with E-state index >= 15 is 0 Å². The lowest BCUT2D eigenvalue weighted by molar-refractivity contribution is -0.124. The number of carbonyl (C=O) groups excluding carboxylic acids is 3. The average molecular weight is 582 g/mol. The molecule has 8 nitrogen and oxygen atoms in total. The zero-order valence-electron chi connectivity index (χ0n) is 24.4. The first-order chi connectivity index (χ1) is 19.9. The molecule has 5 rings (SSSR count). The highest BCUT2D eigenvalue weighted by Crippen LogP contribution is 2.41. The summed E-state index contributed by atoms with van der Waals surface area (Å²) in [6, 6.07) is 11.9. The molecular formula is C32H43N3O5S.